The highest BCUT2D eigenvalue weighted by atomic mass is 16.3. The van der Waals surface area contributed by atoms with Crippen LogP contribution in [0.25, 0.3) is 0 Å². The lowest BCUT2D eigenvalue weighted by molar-refractivity contribution is -0.128. The molecule has 3 saturated carbocycles. The molecule has 4 rings (SSSR count). The van der Waals surface area contributed by atoms with Crippen molar-refractivity contribution in [1.82, 2.24) is 0 Å². The molecule has 1 N–H and O–H groups in total. The first-order chi connectivity index (χ1) is 11.3. The molecule has 4 aliphatic rings. The van der Waals surface area contributed by atoms with Crippen LogP contribution in [0, 0.1) is 40.4 Å². The summed E-state index contributed by atoms with van der Waals surface area (Å²) in [7, 11) is 0. The number of hydrogen-bond acceptors (Lipinski definition) is 2. The van der Waals surface area contributed by atoms with Crippen LogP contribution in [0.4, 0.5) is 0 Å². The summed E-state index contributed by atoms with van der Waals surface area (Å²) in [6, 6.07) is 0. The molecular formula is C22H34O2. The number of aliphatic hydroxyl groups excluding tert-OH is 1. The van der Waals surface area contributed by atoms with Crippen molar-refractivity contribution in [2.75, 3.05) is 0 Å². The molecule has 2 heteroatoms. The van der Waals surface area contributed by atoms with Crippen molar-refractivity contribution in [1.29, 1.82) is 0 Å². The first-order valence-electron chi connectivity index (χ1n) is 10.2. The number of ketones is 1. The van der Waals surface area contributed by atoms with E-state index in [4.69, 9.17) is 0 Å². The van der Waals surface area contributed by atoms with E-state index < -0.39 is 0 Å². The number of Topliss-reactive ketones (excluding diaryl/α,β-unsaturated/α-hetero) is 1. The van der Waals surface area contributed by atoms with Crippen LogP contribution in [0.3, 0.4) is 0 Å². The van der Waals surface area contributed by atoms with Crippen LogP contribution in [0.5, 0.6) is 0 Å². The largest absolute Gasteiger partial charge is 0.393 e. The SMILES string of the molecule is CC(=O)C1CCC2C3CC=C4CC(O)CC(C)C4(C)C3CCC12C. The lowest BCUT2D eigenvalue weighted by Gasteiger charge is -2.59. The molecule has 8 unspecified atom stereocenters. The summed E-state index contributed by atoms with van der Waals surface area (Å²) < 4.78 is 0. The molecule has 0 bridgehead atoms. The second-order valence-corrected chi connectivity index (χ2v) is 9.90. The fourth-order valence-electron chi connectivity index (χ4n) is 7.74. The normalized spacial score (nSPS) is 53.6. The fraction of sp³-hybridized carbons (Fsp3) is 0.864. The third-order valence-corrected chi connectivity index (χ3v) is 9.13. The number of hydrogen-bond donors (Lipinski definition) is 1. The molecule has 0 amide bonds. The lowest BCUT2D eigenvalue weighted by Crippen LogP contribution is -2.53. The second-order valence-electron chi connectivity index (χ2n) is 9.90. The summed E-state index contributed by atoms with van der Waals surface area (Å²) in [5.41, 5.74) is 2.06. The summed E-state index contributed by atoms with van der Waals surface area (Å²) in [6.45, 7) is 9.09. The Labute approximate surface area is 147 Å². The fourth-order valence-corrected chi connectivity index (χ4v) is 7.74. The van der Waals surface area contributed by atoms with Crippen LogP contribution in [-0.4, -0.2) is 17.0 Å². The Morgan fingerprint density at radius 2 is 1.96 bits per heavy atom. The van der Waals surface area contributed by atoms with Crippen molar-refractivity contribution in [2.45, 2.75) is 78.7 Å². The van der Waals surface area contributed by atoms with Crippen LogP contribution in [-0.2, 0) is 4.79 Å². The van der Waals surface area contributed by atoms with Crippen molar-refractivity contribution in [3.05, 3.63) is 11.6 Å². The molecule has 0 saturated heterocycles. The summed E-state index contributed by atoms with van der Waals surface area (Å²) in [5.74, 6) is 3.51. The Balaban J connectivity index is 1.69. The molecule has 134 valence electrons. The number of fused-ring (bicyclic) bond motifs is 5. The van der Waals surface area contributed by atoms with E-state index in [0.717, 1.165) is 37.0 Å². The van der Waals surface area contributed by atoms with Gasteiger partial charge in [-0.05, 0) is 86.4 Å². The zero-order valence-corrected chi connectivity index (χ0v) is 15.8. The maximum absolute atomic E-state index is 12.2. The predicted molar refractivity (Wildman–Crippen MR) is 96.4 cm³/mol. The van der Waals surface area contributed by atoms with E-state index in [0.29, 0.717) is 17.6 Å². The van der Waals surface area contributed by atoms with E-state index in [1.54, 1.807) is 5.57 Å². The summed E-state index contributed by atoms with van der Waals surface area (Å²) in [4.78, 5) is 12.2. The molecular weight excluding hydrogens is 296 g/mol. The van der Waals surface area contributed by atoms with Crippen molar-refractivity contribution in [2.24, 2.45) is 40.4 Å². The van der Waals surface area contributed by atoms with E-state index in [9.17, 15) is 9.90 Å². The van der Waals surface area contributed by atoms with Gasteiger partial charge >= 0.3 is 0 Å². The van der Waals surface area contributed by atoms with Crippen LogP contribution in [0.2, 0.25) is 0 Å². The zero-order valence-electron chi connectivity index (χ0n) is 15.8. The maximum Gasteiger partial charge on any atom is 0.133 e. The number of rotatable bonds is 1. The van der Waals surface area contributed by atoms with Gasteiger partial charge in [-0.1, -0.05) is 32.4 Å². The Morgan fingerprint density at radius 1 is 1.21 bits per heavy atom. The highest BCUT2D eigenvalue weighted by Gasteiger charge is 2.60. The van der Waals surface area contributed by atoms with Gasteiger partial charge in [-0.15, -0.1) is 0 Å². The smallest absolute Gasteiger partial charge is 0.133 e. The standard InChI is InChI=1S/C22H34O2/c1-13-11-16(24)12-15-5-6-17-19-8-7-18(14(2)23)21(19,3)10-9-20(17)22(13,15)4/h5,13,16-20,24H,6-12H2,1-4H3. The minimum absolute atomic E-state index is 0.140. The Morgan fingerprint density at radius 3 is 2.67 bits per heavy atom. The van der Waals surface area contributed by atoms with Gasteiger partial charge in [0.25, 0.3) is 0 Å². The van der Waals surface area contributed by atoms with Crippen molar-refractivity contribution in [3.8, 4) is 0 Å². The van der Waals surface area contributed by atoms with E-state index in [1.807, 2.05) is 6.92 Å². The molecule has 0 heterocycles. The molecule has 0 spiro atoms. The third-order valence-electron chi connectivity index (χ3n) is 9.13. The maximum atomic E-state index is 12.2. The summed E-state index contributed by atoms with van der Waals surface area (Å²) in [5, 5.41) is 10.2. The van der Waals surface area contributed by atoms with Gasteiger partial charge in [0.2, 0.25) is 0 Å². The monoisotopic (exact) mass is 330 g/mol. The summed E-state index contributed by atoms with van der Waals surface area (Å²) >= 11 is 0. The van der Waals surface area contributed by atoms with E-state index >= 15 is 0 Å². The van der Waals surface area contributed by atoms with Crippen molar-refractivity contribution >= 4 is 5.78 Å². The van der Waals surface area contributed by atoms with Gasteiger partial charge in [-0.25, -0.2) is 0 Å². The highest BCUT2D eigenvalue weighted by Crippen LogP contribution is 2.67. The first kappa shape index (κ1) is 16.8. The minimum atomic E-state index is -0.140. The van der Waals surface area contributed by atoms with E-state index in [2.05, 4.69) is 26.8 Å². The van der Waals surface area contributed by atoms with Crippen LogP contribution >= 0.6 is 0 Å². The molecule has 24 heavy (non-hydrogen) atoms. The Bertz CT molecular complexity index is 579. The van der Waals surface area contributed by atoms with Crippen LogP contribution in [0.15, 0.2) is 11.6 Å². The summed E-state index contributed by atoms with van der Waals surface area (Å²) in [6.07, 6.45) is 10.2. The molecule has 2 nitrogen and oxygen atoms in total. The van der Waals surface area contributed by atoms with Crippen LogP contribution in [0.1, 0.15) is 72.6 Å². The third kappa shape index (κ3) is 2.08. The van der Waals surface area contributed by atoms with Crippen molar-refractivity contribution < 1.29 is 9.90 Å². The highest BCUT2D eigenvalue weighted by molar-refractivity contribution is 5.79. The van der Waals surface area contributed by atoms with E-state index in [-0.39, 0.29) is 16.9 Å². The zero-order chi connectivity index (χ0) is 17.3. The Kier molecular flexibility index (Phi) is 3.81. The molecule has 0 aromatic carbocycles. The molecule has 0 aromatic rings. The van der Waals surface area contributed by atoms with Crippen LogP contribution < -0.4 is 0 Å². The topological polar surface area (TPSA) is 37.3 Å². The molecule has 8 atom stereocenters. The predicted octanol–water partition coefficient (Wildman–Crippen LogP) is 4.76. The van der Waals surface area contributed by atoms with Crippen molar-refractivity contribution in [3.63, 3.8) is 0 Å². The molecule has 0 aromatic heterocycles. The van der Waals surface area contributed by atoms with Gasteiger partial charge in [-0.2, -0.15) is 0 Å². The van der Waals surface area contributed by atoms with Gasteiger partial charge in [0.15, 0.2) is 0 Å². The number of carbonyl (C=O) groups excluding carboxylic acids is 1. The minimum Gasteiger partial charge on any atom is -0.393 e. The number of allylic oxidation sites excluding steroid dienone is 1. The van der Waals surface area contributed by atoms with E-state index in [1.165, 1.54) is 25.7 Å². The van der Waals surface area contributed by atoms with Gasteiger partial charge in [0.1, 0.15) is 5.78 Å². The molecule has 4 aliphatic carbocycles. The quantitative estimate of drug-likeness (QED) is 0.704. The van der Waals surface area contributed by atoms with Gasteiger partial charge in [0, 0.05) is 5.92 Å². The average Bonchev–Trinajstić information content (AvgIpc) is 2.86. The first-order valence-corrected chi connectivity index (χ1v) is 10.2. The van der Waals surface area contributed by atoms with Gasteiger partial charge in [-0.3, -0.25) is 4.79 Å². The molecule has 3 fully saturated rings. The number of carbonyl (C=O) groups is 1. The van der Waals surface area contributed by atoms with Gasteiger partial charge in [0.05, 0.1) is 6.10 Å². The average molecular weight is 331 g/mol. The lowest BCUT2D eigenvalue weighted by atomic mass is 9.45. The Hall–Kier alpha value is -0.630. The second kappa shape index (κ2) is 5.43. The molecule has 0 radical (unpaired) electrons. The number of aliphatic hydroxyl groups is 1. The molecule has 0 aliphatic heterocycles. The van der Waals surface area contributed by atoms with Gasteiger partial charge < -0.3 is 5.11 Å².